The predicted molar refractivity (Wildman–Crippen MR) is 80.3 cm³/mol. The van der Waals surface area contributed by atoms with Gasteiger partial charge in [0, 0.05) is 19.2 Å². The average Bonchev–Trinajstić information content (AvgIpc) is 2.42. The van der Waals surface area contributed by atoms with Gasteiger partial charge < -0.3 is 14.6 Å². The average molecular weight is 317 g/mol. The van der Waals surface area contributed by atoms with E-state index in [1.165, 1.54) is 24.6 Å². The molecule has 6 nitrogen and oxygen atoms in total. The molecule has 0 aromatic heterocycles. The summed E-state index contributed by atoms with van der Waals surface area (Å²) < 4.78 is 37.0. The Bertz CT molecular complexity index is 578. The molecule has 0 saturated heterocycles. The molecule has 0 saturated carbocycles. The maximum absolute atomic E-state index is 12.8. The van der Waals surface area contributed by atoms with E-state index in [0.29, 0.717) is 5.75 Å². The highest BCUT2D eigenvalue weighted by atomic mass is 32.2. The van der Waals surface area contributed by atoms with Crippen molar-refractivity contribution >= 4 is 10.0 Å². The monoisotopic (exact) mass is 317 g/mol. The van der Waals surface area contributed by atoms with Gasteiger partial charge in [-0.2, -0.15) is 4.31 Å². The number of ether oxygens (including phenoxy) is 2. The van der Waals surface area contributed by atoms with Gasteiger partial charge in [0.25, 0.3) is 0 Å². The highest BCUT2D eigenvalue weighted by molar-refractivity contribution is 7.89. The van der Waals surface area contributed by atoms with Gasteiger partial charge in [-0.15, -0.1) is 0 Å². The van der Waals surface area contributed by atoms with Crippen LogP contribution in [0, 0.1) is 0 Å². The summed E-state index contributed by atoms with van der Waals surface area (Å²) in [5, 5.41) is 9.89. The molecular weight excluding hydrogens is 294 g/mol. The van der Waals surface area contributed by atoms with Gasteiger partial charge in [-0.05, 0) is 26.0 Å². The summed E-state index contributed by atoms with van der Waals surface area (Å²) in [4.78, 5) is 0.0236. The van der Waals surface area contributed by atoms with Gasteiger partial charge in [-0.3, -0.25) is 0 Å². The molecule has 0 amide bonds. The lowest BCUT2D eigenvalue weighted by Crippen LogP contribution is -2.42. The maximum Gasteiger partial charge on any atom is 0.246 e. The van der Waals surface area contributed by atoms with Gasteiger partial charge in [0.05, 0.1) is 19.8 Å². The van der Waals surface area contributed by atoms with Crippen molar-refractivity contribution in [3.05, 3.63) is 18.2 Å². The summed E-state index contributed by atoms with van der Waals surface area (Å²) in [6, 6.07) is 4.59. The fourth-order valence-electron chi connectivity index (χ4n) is 1.92. The van der Waals surface area contributed by atoms with E-state index < -0.39 is 15.6 Å². The van der Waals surface area contributed by atoms with E-state index in [0.717, 1.165) is 0 Å². The van der Waals surface area contributed by atoms with Crippen LogP contribution in [0.4, 0.5) is 0 Å². The quantitative estimate of drug-likeness (QED) is 0.824. The van der Waals surface area contributed by atoms with Crippen molar-refractivity contribution in [1.82, 2.24) is 4.31 Å². The Kier molecular flexibility index (Phi) is 5.61. The molecule has 1 aromatic rings. The molecule has 1 aromatic carbocycles. The standard InChI is InChI=1S/C14H23NO5S/c1-6-15(10-14(2,3)16)21(17,18)13-9-11(19-4)7-8-12(13)20-5/h7-9,16H,6,10H2,1-5H3. The van der Waals surface area contributed by atoms with E-state index in [9.17, 15) is 13.5 Å². The third-order valence-electron chi connectivity index (χ3n) is 2.90. The van der Waals surface area contributed by atoms with Crippen LogP contribution >= 0.6 is 0 Å². The van der Waals surface area contributed by atoms with Gasteiger partial charge in [0.1, 0.15) is 16.4 Å². The fraction of sp³-hybridized carbons (Fsp3) is 0.571. The van der Waals surface area contributed by atoms with Gasteiger partial charge in [0.2, 0.25) is 10.0 Å². The van der Waals surface area contributed by atoms with E-state index in [1.54, 1.807) is 32.9 Å². The molecule has 0 heterocycles. The molecule has 0 unspecified atom stereocenters. The first-order valence-corrected chi connectivity index (χ1v) is 8.04. The molecule has 0 radical (unpaired) electrons. The molecule has 0 fully saturated rings. The zero-order valence-electron chi connectivity index (χ0n) is 13.1. The number of rotatable bonds is 7. The van der Waals surface area contributed by atoms with Crippen molar-refractivity contribution in [2.75, 3.05) is 27.3 Å². The number of aliphatic hydroxyl groups is 1. The molecule has 21 heavy (non-hydrogen) atoms. The Labute approximate surface area is 126 Å². The minimum absolute atomic E-state index is 0.00774. The molecule has 1 N–H and O–H groups in total. The minimum atomic E-state index is -3.79. The molecule has 1 rings (SSSR count). The summed E-state index contributed by atoms with van der Waals surface area (Å²) in [5.41, 5.74) is -1.13. The number of methoxy groups -OCH3 is 2. The summed E-state index contributed by atoms with van der Waals surface area (Å²) in [6.45, 7) is 5.08. The van der Waals surface area contributed by atoms with E-state index in [4.69, 9.17) is 9.47 Å². The summed E-state index contributed by atoms with van der Waals surface area (Å²) in [6.07, 6.45) is 0. The third-order valence-corrected chi connectivity index (χ3v) is 4.85. The second kappa shape index (κ2) is 6.64. The van der Waals surface area contributed by atoms with Crippen LogP contribution in [-0.4, -0.2) is 50.7 Å². The largest absolute Gasteiger partial charge is 0.497 e. The Morgan fingerprint density at radius 1 is 1.24 bits per heavy atom. The lowest BCUT2D eigenvalue weighted by molar-refractivity contribution is 0.0601. The third kappa shape index (κ3) is 4.33. The number of benzene rings is 1. The molecule has 0 spiro atoms. The Hall–Kier alpha value is -1.31. The zero-order valence-corrected chi connectivity index (χ0v) is 13.9. The molecular formula is C14H23NO5S. The topological polar surface area (TPSA) is 76.1 Å². The lowest BCUT2D eigenvalue weighted by Gasteiger charge is -2.28. The number of nitrogens with zero attached hydrogens (tertiary/aromatic N) is 1. The second-order valence-electron chi connectivity index (χ2n) is 5.26. The van der Waals surface area contributed by atoms with E-state index in [2.05, 4.69) is 0 Å². The number of sulfonamides is 1. The molecule has 0 atom stereocenters. The second-order valence-corrected chi connectivity index (χ2v) is 7.17. The van der Waals surface area contributed by atoms with Gasteiger partial charge in [-0.1, -0.05) is 6.92 Å². The first-order valence-electron chi connectivity index (χ1n) is 6.60. The first kappa shape index (κ1) is 17.7. The van der Waals surface area contributed by atoms with Crippen molar-refractivity contribution in [2.24, 2.45) is 0 Å². The molecule has 0 aliphatic heterocycles. The molecule has 7 heteroatoms. The number of hydrogen-bond donors (Lipinski definition) is 1. The van der Waals surface area contributed by atoms with Gasteiger partial charge in [-0.25, -0.2) is 8.42 Å². The van der Waals surface area contributed by atoms with Crippen molar-refractivity contribution in [1.29, 1.82) is 0 Å². The van der Waals surface area contributed by atoms with Crippen LogP contribution in [0.3, 0.4) is 0 Å². The highest BCUT2D eigenvalue weighted by Gasteiger charge is 2.31. The fourth-order valence-corrected chi connectivity index (χ4v) is 3.70. The van der Waals surface area contributed by atoms with Gasteiger partial charge >= 0.3 is 0 Å². The van der Waals surface area contributed by atoms with Crippen LogP contribution in [0.25, 0.3) is 0 Å². The zero-order chi connectivity index (χ0) is 16.3. The number of likely N-dealkylation sites (N-methyl/N-ethyl adjacent to an activating group) is 1. The number of hydrogen-bond acceptors (Lipinski definition) is 5. The predicted octanol–water partition coefficient (Wildman–Crippen LogP) is 1.49. The van der Waals surface area contributed by atoms with Crippen molar-refractivity contribution < 1.29 is 23.0 Å². The Balaban J connectivity index is 3.34. The maximum atomic E-state index is 12.8. The molecule has 0 aliphatic carbocycles. The van der Waals surface area contributed by atoms with Crippen molar-refractivity contribution in [3.8, 4) is 11.5 Å². The van der Waals surface area contributed by atoms with Crippen LogP contribution < -0.4 is 9.47 Å². The summed E-state index contributed by atoms with van der Waals surface area (Å²) in [5.74, 6) is 0.665. The van der Waals surface area contributed by atoms with Crippen LogP contribution in [-0.2, 0) is 10.0 Å². The van der Waals surface area contributed by atoms with Crippen LogP contribution in [0.15, 0.2) is 23.1 Å². The Morgan fingerprint density at radius 2 is 1.86 bits per heavy atom. The normalized spacial score (nSPS) is 12.5. The highest BCUT2D eigenvalue weighted by Crippen LogP contribution is 2.31. The summed E-state index contributed by atoms with van der Waals surface area (Å²) in [7, 11) is -0.917. The van der Waals surface area contributed by atoms with Crippen molar-refractivity contribution in [3.63, 3.8) is 0 Å². The van der Waals surface area contributed by atoms with Crippen LogP contribution in [0.5, 0.6) is 11.5 Å². The lowest BCUT2D eigenvalue weighted by atomic mass is 10.1. The van der Waals surface area contributed by atoms with Crippen LogP contribution in [0.2, 0.25) is 0 Å². The minimum Gasteiger partial charge on any atom is -0.497 e. The van der Waals surface area contributed by atoms with E-state index >= 15 is 0 Å². The molecule has 0 bridgehead atoms. The summed E-state index contributed by atoms with van der Waals surface area (Å²) >= 11 is 0. The van der Waals surface area contributed by atoms with E-state index in [1.807, 2.05) is 0 Å². The van der Waals surface area contributed by atoms with E-state index in [-0.39, 0.29) is 23.7 Å². The SMILES string of the molecule is CCN(CC(C)(C)O)S(=O)(=O)c1cc(OC)ccc1OC. The Morgan fingerprint density at radius 3 is 2.29 bits per heavy atom. The molecule has 120 valence electrons. The first-order chi connectivity index (χ1) is 9.65. The van der Waals surface area contributed by atoms with Crippen molar-refractivity contribution in [2.45, 2.75) is 31.3 Å². The molecule has 0 aliphatic rings. The van der Waals surface area contributed by atoms with Crippen LogP contribution in [0.1, 0.15) is 20.8 Å². The van der Waals surface area contributed by atoms with Gasteiger partial charge in [0.15, 0.2) is 0 Å². The smallest absolute Gasteiger partial charge is 0.246 e.